The van der Waals surface area contributed by atoms with Crippen molar-refractivity contribution in [2.45, 2.75) is 102 Å². The van der Waals surface area contributed by atoms with E-state index < -0.39 is 5.60 Å². The molecular weight excluding hydrogens is 380 g/mol. The van der Waals surface area contributed by atoms with Crippen molar-refractivity contribution in [2.24, 2.45) is 11.8 Å². The van der Waals surface area contributed by atoms with E-state index in [9.17, 15) is 19.8 Å². The molecule has 1 aliphatic carbocycles. The van der Waals surface area contributed by atoms with Gasteiger partial charge in [0.25, 0.3) is 0 Å². The lowest BCUT2D eigenvalue weighted by atomic mass is 9.88. The fourth-order valence-corrected chi connectivity index (χ4v) is 4.19. The number of allylic oxidation sites excluding steroid dienone is 1. The van der Waals surface area contributed by atoms with Gasteiger partial charge in [0, 0.05) is 25.2 Å². The van der Waals surface area contributed by atoms with Crippen LogP contribution in [0, 0.1) is 24.2 Å². The summed E-state index contributed by atoms with van der Waals surface area (Å²) in [7, 11) is 0. The van der Waals surface area contributed by atoms with Crippen LogP contribution in [0.15, 0.2) is 12.2 Å². The Morgan fingerprint density at radius 2 is 2.00 bits per heavy atom. The van der Waals surface area contributed by atoms with Crippen LogP contribution < -0.4 is 0 Å². The van der Waals surface area contributed by atoms with Crippen LogP contribution in [0.4, 0.5) is 0 Å². The highest BCUT2D eigenvalue weighted by molar-refractivity contribution is 5.83. The van der Waals surface area contributed by atoms with E-state index in [1.165, 1.54) is 0 Å². The maximum Gasteiger partial charge on any atom is 0.158 e. The molecule has 0 bridgehead atoms. The van der Waals surface area contributed by atoms with Gasteiger partial charge >= 0.3 is 0 Å². The monoisotopic (exact) mass is 420 g/mol. The molecular formula is C25H40O5. The quantitative estimate of drug-likeness (QED) is 0.201. The number of terminal acetylenes is 1. The average Bonchev–Trinajstić information content (AvgIpc) is 3.07. The zero-order valence-electron chi connectivity index (χ0n) is 18.5. The summed E-state index contributed by atoms with van der Waals surface area (Å²) in [5.74, 6) is 2.99. The smallest absolute Gasteiger partial charge is 0.158 e. The highest BCUT2D eigenvalue weighted by Gasteiger charge is 2.32. The number of carbonyl (C=O) groups excluding carboxylic acids is 2. The van der Waals surface area contributed by atoms with Gasteiger partial charge in [-0.3, -0.25) is 9.59 Å². The molecule has 3 N–H and O–H groups in total. The molecule has 0 aromatic rings. The molecule has 0 saturated heterocycles. The second-order valence-corrected chi connectivity index (χ2v) is 8.83. The van der Waals surface area contributed by atoms with Crippen LogP contribution in [0.1, 0.15) is 90.4 Å². The minimum atomic E-state index is -1.17. The average molecular weight is 421 g/mol. The number of carbonyl (C=O) groups is 2. The maximum absolute atomic E-state index is 12.3. The Hall–Kier alpha value is -1.48. The molecule has 0 aromatic heterocycles. The van der Waals surface area contributed by atoms with Crippen LogP contribution in [0.5, 0.6) is 0 Å². The summed E-state index contributed by atoms with van der Waals surface area (Å²) in [6.45, 7) is 1.38. The fourth-order valence-electron chi connectivity index (χ4n) is 4.19. The lowest BCUT2D eigenvalue weighted by Gasteiger charge is -2.21. The Labute approximate surface area is 182 Å². The van der Waals surface area contributed by atoms with Crippen LogP contribution >= 0.6 is 0 Å². The van der Waals surface area contributed by atoms with E-state index in [0.717, 1.165) is 51.4 Å². The number of aliphatic hydroxyl groups is 3. The minimum Gasteiger partial charge on any atom is -0.393 e. The third-order valence-electron chi connectivity index (χ3n) is 6.12. The van der Waals surface area contributed by atoms with E-state index in [1.807, 2.05) is 6.08 Å². The van der Waals surface area contributed by atoms with Crippen molar-refractivity contribution in [3.8, 4) is 12.3 Å². The van der Waals surface area contributed by atoms with Gasteiger partial charge in [0.15, 0.2) is 5.78 Å². The lowest BCUT2D eigenvalue weighted by Crippen LogP contribution is -2.25. The van der Waals surface area contributed by atoms with E-state index in [2.05, 4.69) is 12.0 Å². The lowest BCUT2D eigenvalue weighted by molar-refractivity contribution is -0.122. The molecule has 0 aromatic carbocycles. The Morgan fingerprint density at radius 3 is 2.67 bits per heavy atom. The molecule has 1 rings (SSSR count). The molecule has 0 spiro atoms. The largest absolute Gasteiger partial charge is 0.393 e. The van der Waals surface area contributed by atoms with Gasteiger partial charge in [0.05, 0.1) is 6.10 Å². The molecule has 0 aliphatic heterocycles. The minimum absolute atomic E-state index is 0.0466. The molecule has 1 aliphatic rings. The highest BCUT2D eigenvalue weighted by atomic mass is 16.3. The van der Waals surface area contributed by atoms with E-state index in [0.29, 0.717) is 37.9 Å². The molecule has 1 saturated carbocycles. The third kappa shape index (κ3) is 10.5. The highest BCUT2D eigenvalue weighted by Crippen LogP contribution is 2.34. The van der Waals surface area contributed by atoms with Crippen LogP contribution in [-0.2, 0) is 9.59 Å². The molecule has 2 unspecified atom stereocenters. The molecule has 0 heterocycles. The first-order chi connectivity index (χ1) is 14.3. The summed E-state index contributed by atoms with van der Waals surface area (Å²) in [6.07, 6.45) is 18.9. The second kappa shape index (κ2) is 14.5. The van der Waals surface area contributed by atoms with Crippen LogP contribution in [-0.4, -0.2) is 45.2 Å². The molecule has 4 atom stereocenters. The predicted molar refractivity (Wildman–Crippen MR) is 119 cm³/mol. The molecule has 5 heteroatoms. The number of rotatable bonds is 16. The van der Waals surface area contributed by atoms with Gasteiger partial charge in [-0.1, -0.05) is 43.8 Å². The number of hydrogen-bond acceptors (Lipinski definition) is 5. The Kier molecular flexibility index (Phi) is 12.8. The van der Waals surface area contributed by atoms with Crippen LogP contribution in [0.25, 0.3) is 0 Å². The Bertz CT molecular complexity index is 589. The SMILES string of the molecule is C#CC(O)(CC=C[C@H]1CCC(=O)[C@@H]1CCCCCCC(=O)CO)CCCCC(C)O. The maximum atomic E-state index is 12.3. The Morgan fingerprint density at radius 1 is 1.27 bits per heavy atom. The first-order valence-corrected chi connectivity index (χ1v) is 11.5. The van der Waals surface area contributed by atoms with Gasteiger partial charge in [-0.25, -0.2) is 0 Å². The number of hydrogen-bond donors (Lipinski definition) is 3. The molecule has 30 heavy (non-hydrogen) atoms. The molecule has 0 amide bonds. The number of unbranched alkanes of at least 4 members (excludes halogenated alkanes) is 4. The third-order valence-corrected chi connectivity index (χ3v) is 6.12. The van der Waals surface area contributed by atoms with Crippen molar-refractivity contribution < 1.29 is 24.9 Å². The van der Waals surface area contributed by atoms with Gasteiger partial charge in [-0.05, 0) is 51.4 Å². The predicted octanol–water partition coefficient (Wildman–Crippen LogP) is 3.74. The van der Waals surface area contributed by atoms with Crippen LogP contribution in [0.2, 0.25) is 0 Å². The van der Waals surface area contributed by atoms with Crippen LogP contribution in [0.3, 0.4) is 0 Å². The summed E-state index contributed by atoms with van der Waals surface area (Å²) >= 11 is 0. The van der Waals surface area contributed by atoms with Crippen molar-refractivity contribution in [2.75, 3.05) is 6.61 Å². The first-order valence-electron chi connectivity index (χ1n) is 11.5. The van der Waals surface area contributed by atoms with Crippen molar-refractivity contribution in [1.29, 1.82) is 0 Å². The van der Waals surface area contributed by atoms with Gasteiger partial charge < -0.3 is 15.3 Å². The molecule has 5 nitrogen and oxygen atoms in total. The molecule has 170 valence electrons. The van der Waals surface area contributed by atoms with E-state index in [-0.39, 0.29) is 30.3 Å². The summed E-state index contributed by atoms with van der Waals surface area (Å²) in [5, 5.41) is 28.6. The molecule has 1 fully saturated rings. The number of aliphatic hydroxyl groups excluding tert-OH is 2. The van der Waals surface area contributed by atoms with E-state index in [1.54, 1.807) is 6.92 Å². The van der Waals surface area contributed by atoms with Gasteiger partial charge in [-0.2, -0.15) is 0 Å². The van der Waals surface area contributed by atoms with Crippen molar-refractivity contribution in [3.05, 3.63) is 12.2 Å². The van der Waals surface area contributed by atoms with E-state index in [4.69, 9.17) is 11.5 Å². The van der Waals surface area contributed by atoms with Crippen molar-refractivity contribution >= 4 is 11.6 Å². The second-order valence-electron chi connectivity index (χ2n) is 8.83. The fraction of sp³-hybridized carbons (Fsp3) is 0.760. The van der Waals surface area contributed by atoms with Crippen molar-refractivity contribution in [3.63, 3.8) is 0 Å². The zero-order chi connectivity index (χ0) is 22.4. The van der Waals surface area contributed by atoms with E-state index >= 15 is 0 Å². The van der Waals surface area contributed by atoms with Crippen molar-refractivity contribution in [1.82, 2.24) is 0 Å². The summed E-state index contributed by atoms with van der Waals surface area (Å²) < 4.78 is 0. The first kappa shape index (κ1) is 26.6. The standard InChI is InChI=1S/C25H40O5/c1-3-25(30,17-9-8-11-20(2)27)18-10-12-21-15-16-24(29)23(21)14-7-5-4-6-13-22(28)19-26/h1,10,12,20-21,23,26-27,30H,4-9,11,13-19H2,2H3/t20?,21-,23+,25?/m0/s1. The van der Waals surface area contributed by atoms with Gasteiger partial charge in [0.1, 0.15) is 18.0 Å². The summed E-state index contributed by atoms with van der Waals surface area (Å²) in [6, 6.07) is 0. The summed E-state index contributed by atoms with van der Waals surface area (Å²) in [5.41, 5.74) is -1.17. The number of ketones is 2. The Balaban J connectivity index is 2.38. The van der Waals surface area contributed by atoms with Gasteiger partial charge in [-0.15, -0.1) is 6.42 Å². The molecule has 0 radical (unpaired) electrons. The summed E-state index contributed by atoms with van der Waals surface area (Å²) in [4.78, 5) is 23.4. The topological polar surface area (TPSA) is 94.8 Å². The number of Topliss-reactive ketones (excluding diaryl/α,β-unsaturated/α-hetero) is 2. The zero-order valence-corrected chi connectivity index (χ0v) is 18.5. The normalized spacial score (nSPS) is 22.2. The van der Waals surface area contributed by atoms with Gasteiger partial charge in [0.2, 0.25) is 0 Å².